The number of methoxy groups -OCH3 is 2. The van der Waals surface area contributed by atoms with Crippen molar-refractivity contribution in [2.75, 3.05) is 19.6 Å². The molecule has 1 aliphatic carbocycles. The predicted octanol–water partition coefficient (Wildman–Crippen LogP) is 0.785. The summed E-state index contributed by atoms with van der Waals surface area (Å²) in [5.41, 5.74) is 7.72. The quantitative estimate of drug-likeness (QED) is 0.495. The third-order valence-electron chi connectivity index (χ3n) is 4.78. The van der Waals surface area contributed by atoms with E-state index in [2.05, 4.69) is 5.43 Å². The normalized spacial score (nSPS) is 11.7. The van der Waals surface area contributed by atoms with Crippen molar-refractivity contribution < 1.29 is 23.9 Å². The van der Waals surface area contributed by atoms with Crippen LogP contribution < -0.4 is 26.2 Å². The Labute approximate surface area is 163 Å². The average molecular weight is 393 g/mol. The van der Waals surface area contributed by atoms with Crippen LogP contribution in [0.1, 0.15) is 15.9 Å². The highest BCUT2D eigenvalue weighted by atomic mass is 16.5. The SMILES string of the molecule is COc1ccc2c3c(n(NC(=O)C(N)=O)c(=O)c2c1OC)-c1ccccc1C3=O. The summed E-state index contributed by atoms with van der Waals surface area (Å²) in [5, 5.41) is 0.366. The number of nitrogens with zero attached hydrogens (tertiary/aromatic N) is 1. The van der Waals surface area contributed by atoms with E-state index < -0.39 is 17.4 Å². The summed E-state index contributed by atoms with van der Waals surface area (Å²) in [6, 6.07) is 9.83. The Kier molecular flexibility index (Phi) is 4.08. The summed E-state index contributed by atoms with van der Waals surface area (Å²) in [6.07, 6.45) is 0. The van der Waals surface area contributed by atoms with Crippen molar-refractivity contribution in [1.29, 1.82) is 0 Å². The zero-order chi connectivity index (χ0) is 20.9. The second-order valence-electron chi connectivity index (χ2n) is 6.27. The molecule has 0 atom stereocenters. The first-order valence-corrected chi connectivity index (χ1v) is 8.49. The Morgan fingerprint density at radius 1 is 1.00 bits per heavy atom. The van der Waals surface area contributed by atoms with Crippen LogP contribution in [-0.4, -0.2) is 36.5 Å². The fourth-order valence-corrected chi connectivity index (χ4v) is 3.57. The zero-order valence-corrected chi connectivity index (χ0v) is 15.4. The van der Waals surface area contributed by atoms with Crippen molar-refractivity contribution in [2.24, 2.45) is 5.73 Å². The van der Waals surface area contributed by atoms with E-state index in [1.165, 1.54) is 14.2 Å². The number of fused-ring (bicyclic) bond motifs is 5. The number of ketones is 1. The van der Waals surface area contributed by atoms with Crippen molar-refractivity contribution in [3.63, 3.8) is 0 Å². The van der Waals surface area contributed by atoms with Crippen LogP contribution in [0.5, 0.6) is 11.5 Å². The highest BCUT2D eigenvalue weighted by Crippen LogP contribution is 2.42. The zero-order valence-electron chi connectivity index (χ0n) is 15.4. The lowest BCUT2D eigenvalue weighted by Crippen LogP contribution is -2.40. The van der Waals surface area contributed by atoms with Gasteiger partial charge in [0.05, 0.1) is 30.9 Å². The van der Waals surface area contributed by atoms with E-state index in [9.17, 15) is 19.2 Å². The first-order chi connectivity index (χ1) is 13.9. The maximum atomic E-state index is 13.4. The molecule has 3 N–H and O–H groups in total. The fraction of sp³-hybridized carbons (Fsp3) is 0.100. The van der Waals surface area contributed by atoms with Crippen molar-refractivity contribution in [3.8, 4) is 22.8 Å². The summed E-state index contributed by atoms with van der Waals surface area (Å²) in [4.78, 5) is 49.8. The lowest BCUT2D eigenvalue weighted by atomic mass is 10.0. The third kappa shape index (κ3) is 2.48. The van der Waals surface area contributed by atoms with Gasteiger partial charge in [-0.25, -0.2) is 4.68 Å². The molecule has 0 spiro atoms. The molecule has 9 nitrogen and oxygen atoms in total. The van der Waals surface area contributed by atoms with Crippen LogP contribution in [0, 0.1) is 0 Å². The molecular formula is C20H15N3O6. The summed E-state index contributed by atoms with van der Waals surface area (Å²) in [5.74, 6) is -2.43. The largest absolute Gasteiger partial charge is 0.493 e. The number of hydrogen-bond acceptors (Lipinski definition) is 6. The lowest BCUT2D eigenvalue weighted by molar-refractivity contribution is -0.134. The van der Waals surface area contributed by atoms with E-state index in [4.69, 9.17) is 15.2 Å². The Balaban J connectivity index is 2.20. The van der Waals surface area contributed by atoms with Gasteiger partial charge in [0.2, 0.25) is 0 Å². The molecule has 2 amide bonds. The van der Waals surface area contributed by atoms with Crippen molar-refractivity contribution >= 4 is 28.4 Å². The second-order valence-corrected chi connectivity index (χ2v) is 6.27. The van der Waals surface area contributed by atoms with Crippen LogP contribution in [0.3, 0.4) is 0 Å². The smallest absolute Gasteiger partial charge is 0.327 e. The topological polar surface area (TPSA) is 130 Å². The number of aromatic nitrogens is 1. The van der Waals surface area contributed by atoms with Crippen LogP contribution in [0.2, 0.25) is 0 Å². The first kappa shape index (κ1) is 18.2. The van der Waals surface area contributed by atoms with Gasteiger partial charge in [-0.3, -0.25) is 24.6 Å². The van der Waals surface area contributed by atoms with Crippen molar-refractivity contribution in [3.05, 3.63) is 57.9 Å². The summed E-state index contributed by atoms with van der Waals surface area (Å²) >= 11 is 0. The van der Waals surface area contributed by atoms with E-state index >= 15 is 0 Å². The van der Waals surface area contributed by atoms with Gasteiger partial charge in [-0.1, -0.05) is 24.3 Å². The molecular weight excluding hydrogens is 378 g/mol. The highest BCUT2D eigenvalue weighted by molar-refractivity contribution is 6.38. The number of ether oxygens (including phenoxy) is 2. The molecule has 0 radical (unpaired) electrons. The number of nitrogens with two attached hydrogens (primary N) is 1. The molecule has 0 saturated carbocycles. The molecule has 3 aromatic rings. The average Bonchev–Trinajstić information content (AvgIpc) is 3.02. The van der Waals surface area contributed by atoms with E-state index in [0.717, 1.165) is 4.68 Å². The Morgan fingerprint density at radius 2 is 1.69 bits per heavy atom. The minimum atomic E-state index is -1.28. The van der Waals surface area contributed by atoms with Crippen LogP contribution in [0.15, 0.2) is 41.2 Å². The third-order valence-corrected chi connectivity index (χ3v) is 4.78. The number of carbonyl (C=O) groups excluding carboxylic acids is 3. The minimum absolute atomic E-state index is 0.0246. The number of carbonyl (C=O) groups is 3. The number of pyridine rings is 1. The Morgan fingerprint density at radius 3 is 2.31 bits per heavy atom. The van der Waals surface area contributed by atoms with Gasteiger partial charge in [-0.2, -0.15) is 0 Å². The molecule has 0 unspecified atom stereocenters. The number of amides is 2. The van der Waals surface area contributed by atoms with Crippen LogP contribution >= 0.6 is 0 Å². The molecule has 0 bridgehead atoms. The summed E-state index contributed by atoms with van der Waals surface area (Å²) in [7, 11) is 2.76. The van der Waals surface area contributed by atoms with E-state index in [1.54, 1.807) is 36.4 Å². The standard InChI is InChI=1S/C20H15N3O6/c1-28-12-8-7-11-13-15(9-5-3-4-6-10(9)16(13)24)23(22-19(26)18(21)25)20(27)14(11)17(12)29-2/h3-8H,1-2H3,(H2,21,25)(H,22,26). The number of rotatable bonds is 3. The van der Waals surface area contributed by atoms with Crippen molar-refractivity contribution in [2.45, 2.75) is 0 Å². The summed E-state index contributed by atoms with van der Waals surface area (Å²) in [6.45, 7) is 0. The predicted molar refractivity (Wildman–Crippen MR) is 104 cm³/mol. The monoisotopic (exact) mass is 393 g/mol. The molecule has 0 aliphatic heterocycles. The van der Waals surface area contributed by atoms with Gasteiger partial charge in [-0.05, 0) is 12.1 Å². The Hall–Kier alpha value is -4.14. The lowest BCUT2D eigenvalue weighted by Gasteiger charge is -2.17. The van der Waals surface area contributed by atoms with Gasteiger partial charge in [0.25, 0.3) is 5.56 Å². The van der Waals surface area contributed by atoms with Gasteiger partial charge in [0, 0.05) is 16.5 Å². The van der Waals surface area contributed by atoms with Crippen LogP contribution in [0.4, 0.5) is 0 Å². The molecule has 1 heterocycles. The van der Waals surface area contributed by atoms with E-state index in [1.807, 2.05) is 0 Å². The molecule has 0 saturated heterocycles. The minimum Gasteiger partial charge on any atom is -0.493 e. The fourth-order valence-electron chi connectivity index (χ4n) is 3.57. The van der Waals surface area contributed by atoms with E-state index in [0.29, 0.717) is 16.5 Å². The molecule has 4 rings (SSSR count). The first-order valence-electron chi connectivity index (χ1n) is 8.49. The molecule has 0 fully saturated rings. The summed E-state index contributed by atoms with van der Waals surface area (Å²) < 4.78 is 11.5. The number of primary amides is 1. The van der Waals surface area contributed by atoms with Gasteiger partial charge in [-0.15, -0.1) is 0 Å². The highest BCUT2D eigenvalue weighted by Gasteiger charge is 2.34. The number of hydrogen-bond donors (Lipinski definition) is 2. The molecule has 146 valence electrons. The van der Waals surface area contributed by atoms with Gasteiger partial charge < -0.3 is 15.2 Å². The van der Waals surface area contributed by atoms with Crippen LogP contribution in [0.25, 0.3) is 22.0 Å². The van der Waals surface area contributed by atoms with Gasteiger partial charge >= 0.3 is 11.8 Å². The van der Waals surface area contributed by atoms with Crippen molar-refractivity contribution in [1.82, 2.24) is 4.68 Å². The molecule has 2 aromatic carbocycles. The van der Waals surface area contributed by atoms with E-state index in [-0.39, 0.29) is 33.9 Å². The molecule has 1 aliphatic rings. The van der Waals surface area contributed by atoms with Gasteiger partial charge in [0.1, 0.15) is 0 Å². The van der Waals surface area contributed by atoms with Gasteiger partial charge in [0.15, 0.2) is 17.3 Å². The maximum Gasteiger partial charge on any atom is 0.327 e. The Bertz CT molecular complexity index is 1290. The second kappa shape index (κ2) is 6.48. The number of nitrogens with one attached hydrogen (secondary N) is 1. The number of benzene rings is 2. The molecule has 1 aromatic heterocycles. The maximum absolute atomic E-state index is 13.4. The van der Waals surface area contributed by atoms with Crippen LogP contribution in [-0.2, 0) is 9.59 Å². The molecule has 29 heavy (non-hydrogen) atoms. The molecule has 9 heteroatoms.